The molecule has 0 saturated carbocycles. The smallest absolute Gasteiger partial charge is 0.391 e. The van der Waals surface area contributed by atoms with Crippen molar-refractivity contribution < 1.29 is 61.0 Å². The van der Waals surface area contributed by atoms with Gasteiger partial charge in [-0.25, -0.2) is 4.39 Å². The van der Waals surface area contributed by atoms with E-state index >= 15 is 0 Å². The molecular formula is C44H63Cl2F4N7O9. The van der Waals surface area contributed by atoms with Crippen LogP contribution in [-0.2, 0) is 44.7 Å². The van der Waals surface area contributed by atoms with Gasteiger partial charge in [-0.1, -0.05) is 50.4 Å². The largest absolute Gasteiger partial charge is 0.426 e. The number of hydrogen-bond donors (Lipinski definition) is 5. The van der Waals surface area contributed by atoms with Gasteiger partial charge >= 0.3 is 6.18 Å². The van der Waals surface area contributed by atoms with E-state index in [0.29, 0.717) is 21.9 Å². The first-order chi connectivity index (χ1) is 30.9. The summed E-state index contributed by atoms with van der Waals surface area (Å²) < 4.78 is 63.3. The summed E-state index contributed by atoms with van der Waals surface area (Å²) in [7, 11) is 2.60. The topological polar surface area (TPSA) is 207 Å². The van der Waals surface area contributed by atoms with E-state index in [-0.39, 0.29) is 75.5 Å². The third-order valence-corrected chi connectivity index (χ3v) is 12.9. The van der Waals surface area contributed by atoms with E-state index in [9.17, 15) is 56.2 Å². The SMILES string of the molecule is CCC[C@H]1NC(=O)[C@H](Cc2cc(Cl)ccc2Cl)N(C)C(=O)[C@H](CC(C)C)NC(=O)[C@@H](N(C)C(=O)[C@@H](NC(=O)[C@@H]2C[C@@H](F)CN2C(=O)C2(C(F)(F)F)CCCCO2)[C@@H](C)O)CCCCNC1=O. The summed E-state index contributed by atoms with van der Waals surface area (Å²) in [5.41, 5.74) is -2.87. The number of alkyl halides is 4. The molecule has 66 heavy (non-hydrogen) atoms. The van der Waals surface area contributed by atoms with Gasteiger partial charge in [-0.15, -0.1) is 0 Å². The van der Waals surface area contributed by atoms with Crippen LogP contribution in [0.3, 0.4) is 0 Å². The average Bonchev–Trinajstić information content (AvgIpc) is 3.65. The lowest BCUT2D eigenvalue weighted by atomic mass is 9.91. The van der Waals surface area contributed by atoms with Crippen LogP contribution in [0.5, 0.6) is 0 Å². The third kappa shape index (κ3) is 13.2. The fourth-order valence-corrected chi connectivity index (χ4v) is 9.00. The normalized spacial score (nSPS) is 27.4. The Morgan fingerprint density at radius 3 is 2.30 bits per heavy atom. The van der Waals surface area contributed by atoms with Gasteiger partial charge in [-0.2, -0.15) is 13.2 Å². The molecule has 3 aliphatic rings. The molecule has 0 spiro atoms. The van der Waals surface area contributed by atoms with Gasteiger partial charge in [0.25, 0.3) is 5.91 Å². The molecule has 3 aliphatic heterocycles. The Morgan fingerprint density at radius 2 is 1.70 bits per heavy atom. The lowest BCUT2D eigenvalue weighted by Crippen LogP contribution is -2.64. The Bertz CT molecular complexity index is 1920. The molecule has 0 bridgehead atoms. The van der Waals surface area contributed by atoms with Crippen molar-refractivity contribution in [2.24, 2.45) is 5.92 Å². The molecule has 3 heterocycles. The van der Waals surface area contributed by atoms with E-state index < -0.39 is 121 Å². The standard InChI is InChI=1S/C44H63Cl2F4N7O9/c1-7-12-30-36(59)51-17-10-8-13-32(37(60)53-31(19-24(2)3)40(63)56(6)33(38(61)52-30)21-26-20-27(45)14-15-29(26)46)55(5)41(64)35(25(4)58)54-39(62)34-22-28(47)23-57(34)42(65)43(44(48,49)50)16-9-11-18-66-43/h14-15,20,24-25,28,30-35,58H,7-13,16-19,21-23H2,1-6H3,(H,51,59)(H,52,61)(H,53,60)(H,54,62)/t25-,28-,30-,31+,32+,33+,34+,35+,43?/m1/s1. The van der Waals surface area contributed by atoms with Crippen molar-refractivity contribution in [1.82, 2.24) is 36.0 Å². The van der Waals surface area contributed by atoms with Crippen molar-refractivity contribution in [1.29, 1.82) is 0 Å². The van der Waals surface area contributed by atoms with E-state index in [2.05, 4.69) is 21.3 Å². The first kappa shape index (κ1) is 54.3. The Labute approximate surface area is 392 Å². The number of nitrogens with one attached hydrogen (secondary N) is 4. The van der Waals surface area contributed by atoms with E-state index in [1.807, 2.05) is 6.92 Å². The molecule has 0 radical (unpaired) electrons. The summed E-state index contributed by atoms with van der Waals surface area (Å²) in [5, 5.41) is 22.1. The van der Waals surface area contributed by atoms with Gasteiger partial charge in [0.1, 0.15) is 42.4 Å². The second-order valence-corrected chi connectivity index (χ2v) is 18.7. The number of aliphatic hydroxyl groups excluding tert-OH is 1. The van der Waals surface area contributed by atoms with Gasteiger partial charge in [0.2, 0.25) is 41.0 Å². The van der Waals surface area contributed by atoms with Crippen LogP contribution in [0.15, 0.2) is 18.2 Å². The predicted molar refractivity (Wildman–Crippen MR) is 236 cm³/mol. The van der Waals surface area contributed by atoms with E-state index in [1.54, 1.807) is 32.0 Å². The zero-order valence-corrected chi connectivity index (χ0v) is 39.7. The Hall–Kier alpha value is -4.27. The number of amides is 7. The first-order valence-electron chi connectivity index (χ1n) is 22.4. The summed E-state index contributed by atoms with van der Waals surface area (Å²) in [6.07, 6.45) is -8.76. The fraction of sp³-hybridized carbons (Fsp3) is 0.705. The summed E-state index contributed by atoms with van der Waals surface area (Å²) >= 11 is 12.8. The van der Waals surface area contributed by atoms with Crippen LogP contribution in [0, 0.1) is 5.92 Å². The van der Waals surface area contributed by atoms with E-state index in [1.165, 1.54) is 14.1 Å². The Balaban J connectivity index is 1.66. The number of ether oxygens (including phenoxy) is 1. The maximum Gasteiger partial charge on any atom is 0.426 e. The maximum absolute atomic E-state index is 14.9. The molecular weight excluding hydrogens is 917 g/mol. The van der Waals surface area contributed by atoms with Crippen molar-refractivity contribution in [3.05, 3.63) is 33.8 Å². The van der Waals surface area contributed by atoms with Crippen LogP contribution in [0.2, 0.25) is 10.0 Å². The molecule has 5 N–H and O–H groups in total. The van der Waals surface area contributed by atoms with Gasteiger partial charge in [0.15, 0.2) is 0 Å². The Kier molecular flexibility index (Phi) is 19.5. The van der Waals surface area contributed by atoms with Gasteiger partial charge in [-0.3, -0.25) is 33.6 Å². The number of carbonyl (C=O) groups excluding carboxylic acids is 7. The minimum Gasteiger partial charge on any atom is -0.391 e. The number of carbonyl (C=O) groups is 7. The van der Waals surface area contributed by atoms with Crippen LogP contribution >= 0.6 is 23.2 Å². The molecule has 1 aromatic carbocycles. The highest BCUT2D eigenvalue weighted by atomic mass is 35.5. The number of nitrogens with zero attached hydrogens (tertiary/aromatic N) is 3. The molecule has 370 valence electrons. The minimum atomic E-state index is -5.19. The highest BCUT2D eigenvalue weighted by Gasteiger charge is 2.65. The molecule has 3 saturated heterocycles. The molecule has 4 rings (SSSR count). The van der Waals surface area contributed by atoms with Crippen molar-refractivity contribution in [2.75, 3.05) is 33.8 Å². The number of benzene rings is 1. The number of halogens is 6. The number of likely N-dealkylation sites (N-methyl/N-ethyl adjacent to an activating group) is 2. The number of rotatable bonds is 12. The van der Waals surface area contributed by atoms with Gasteiger partial charge in [0.05, 0.1) is 12.6 Å². The summed E-state index contributed by atoms with van der Waals surface area (Å²) in [6.45, 7) is 5.47. The number of likely N-dealkylation sites (tertiary alicyclic amines) is 1. The number of hydrogen-bond acceptors (Lipinski definition) is 9. The second-order valence-electron chi connectivity index (χ2n) is 17.9. The van der Waals surface area contributed by atoms with Crippen LogP contribution in [0.4, 0.5) is 17.6 Å². The van der Waals surface area contributed by atoms with Gasteiger partial charge in [-0.05, 0) is 88.0 Å². The van der Waals surface area contributed by atoms with Crippen LogP contribution in [0.25, 0.3) is 0 Å². The molecule has 1 aromatic rings. The summed E-state index contributed by atoms with van der Waals surface area (Å²) in [6, 6.07) is -3.88. The lowest BCUT2D eigenvalue weighted by Gasteiger charge is -2.40. The van der Waals surface area contributed by atoms with Crippen molar-refractivity contribution in [3.8, 4) is 0 Å². The highest BCUT2D eigenvalue weighted by molar-refractivity contribution is 6.33. The van der Waals surface area contributed by atoms with Crippen LogP contribution < -0.4 is 21.3 Å². The van der Waals surface area contributed by atoms with E-state index in [0.717, 1.165) is 16.7 Å². The average molecular weight is 981 g/mol. The van der Waals surface area contributed by atoms with Crippen molar-refractivity contribution in [3.63, 3.8) is 0 Å². The maximum atomic E-state index is 14.9. The molecule has 3 fully saturated rings. The zero-order chi connectivity index (χ0) is 49.3. The van der Waals surface area contributed by atoms with Crippen LogP contribution in [0.1, 0.15) is 97.5 Å². The Morgan fingerprint density at radius 1 is 1.02 bits per heavy atom. The van der Waals surface area contributed by atoms with E-state index in [4.69, 9.17) is 27.9 Å². The molecule has 0 aliphatic carbocycles. The molecule has 22 heteroatoms. The minimum absolute atomic E-state index is 0.0111. The quantitative estimate of drug-likeness (QED) is 0.194. The predicted octanol–water partition coefficient (Wildman–Crippen LogP) is 3.61. The van der Waals surface area contributed by atoms with Crippen molar-refractivity contribution in [2.45, 2.75) is 159 Å². The van der Waals surface area contributed by atoms with Crippen molar-refractivity contribution >= 4 is 64.6 Å². The van der Waals surface area contributed by atoms with Gasteiger partial charge in [0, 0.05) is 50.1 Å². The molecule has 16 nitrogen and oxygen atoms in total. The molecule has 0 aromatic heterocycles. The lowest BCUT2D eigenvalue weighted by molar-refractivity contribution is -0.281. The molecule has 1 unspecified atom stereocenters. The van der Waals surface area contributed by atoms with Crippen LogP contribution in [-0.4, -0.2) is 155 Å². The first-order valence-corrected chi connectivity index (χ1v) is 23.2. The highest BCUT2D eigenvalue weighted by Crippen LogP contribution is 2.43. The number of aliphatic hydroxyl groups is 1. The molecule has 7 amide bonds. The zero-order valence-electron chi connectivity index (χ0n) is 38.2. The fourth-order valence-electron chi connectivity index (χ4n) is 8.61. The summed E-state index contributed by atoms with van der Waals surface area (Å²) in [4.78, 5) is 101. The second kappa shape index (κ2) is 23.6. The molecule has 9 atom stereocenters. The van der Waals surface area contributed by atoms with Gasteiger partial charge < -0.3 is 45.8 Å². The monoisotopic (exact) mass is 979 g/mol. The summed E-state index contributed by atoms with van der Waals surface area (Å²) in [5.74, 6) is -6.73. The third-order valence-electron chi connectivity index (χ3n) is 12.3.